The molecule has 0 bridgehead atoms. The van der Waals surface area contributed by atoms with Gasteiger partial charge in [0.05, 0.1) is 29.5 Å². The van der Waals surface area contributed by atoms with Crippen molar-refractivity contribution in [2.24, 2.45) is 0 Å². The molecule has 2 amide bonds. The fraction of sp³-hybridized carbons (Fsp3) is 0.273. The minimum atomic E-state index is -4.75. The van der Waals surface area contributed by atoms with Gasteiger partial charge in [0, 0.05) is 18.7 Å². The van der Waals surface area contributed by atoms with Crippen LogP contribution in [0.1, 0.15) is 29.2 Å². The van der Waals surface area contributed by atoms with Gasteiger partial charge in [0.2, 0.25) is 0 Å². The number of ether oxygens (including phenoxy) is 1. The van der Waals surface area contributed by atoms with Gasteiger partial charge in [0.25, 0.3) is 5.91 Å². The molecule has 0 radical (unpaired) electrons. The van der Waals surface area contributed by atoms with Crippen LogP contribution in [-0.4, -0.2) is 34.7 Å². The summed E-state index contributed by atoms with van der Waals surface area (Å²) in [6.45, 7) is 2.17. The standard InChI is InChI=1S/C22H17F3N4O3S/c1-2-32-20(31)27-15-5-3-12-8-18-19(30)29(21(33)28(18)11-14(12)7-15)16-6-4-13(10-26)17(9-16)22(23,24)25/h3-7,9,18H,2,8,11H2,1H3,(H,27,31). The van der Waals surface area contributed by atoms with Gasteiger partial charge >= 0.3 is 12.3 Å². The minimum Gasteiger partial charge on any atom is -0.450 e. The van der Waals surface area contributed by atoms with Gasteiger partial charge < -0.3 is 9.64 Å². The number of hydrogen-bond acceptors (Lipinski definition) is 5. The summed E-state index contributed by atoms with van der Waals surface area (Å²) in [5.74, 6) is -0.433. The molecule has 33 heavy (non-hydrogen) atoms. The first-order chi connectivity index (χ1) is 15.6. The maximum atomic E-state index is 13.4. The van der Waals surface area contributed by atoms with Crippen LogP contribution in [0, 0.1) is 11.3 Å². The van der Waals surface area contributed by atoms with Crippen LogP contribution in [0.4, 0.5) is 29.3 Å². The Morgan fingerprint density at radius 2 is 2.03 bits per heavy atom. The number of hydrogen-bond donors (Lipinski definition) is 1. The van der Waals surface area contributed by atoms with E-state index >= 15 is 0 Å². The van der Waals surface area contributed by atoms with Crippen LogP contribution in [0.2, 0.25) is 0 Å². The molecular weight excluding hydrogens is 457 g/mol. The molecule has 0 spiro atoms. The summed E-state index contributed by atoms with van der Waals surface area (Å²) < 4.78 is 45.1. The summed E-state index contributed by atoms with van der Waals surface area (Å²) in [4.78, 5) is 27.6. The number of rotatable bonds is 3. The summed E-state index contributed by atoms with van der Waals surface area (Å²) in [5.41, 5.74) is 0.518. The summed E-state index contributed by atoms with van der Waals surface area (Å²) in [7, 11) is 0. The highest BCUT2D eigenvalue weighted by atomic mass is 32.1. The number of halogens is 3. The zero-order valence-electron chi connectivity index (χ0n) is 17.3. The Labute approximate surface area is 192 Å². The Morgan fingerprint density at radius 3 is 2.70 bits per heavy atom. The summed E-state index contributed by atoms with van der Waals surface area (Å²) in [6.07, 6.45) is -5.03. The predicted octanol–water partition coefficient (Wildman–Crippen LogP) is 4.20. The number of anilines is 2. The highest BCUT2D eigenvalue weighted by Crippen LogP contribution is 2.38. The van der Waals surface area contributed by atoms with E-state index in [9.17, 15) is 22.8 Å². The molecular formula is C22H17F3N4O3S. The summed E-state index contributed by atoms with van der Waals surface area (Å²) >= 11 is 5.46. The van der Waals surface area contributed by atoms with Crippen LogP contribution in [0.5, 0.6) is 0 Å². The molecule has 0 aliphatic carbocycles. The van der Waals surface area contributed by atoms with Crippen LogP contribution >= 0.6 is 12.2 Å². The average Bonchev–Trinajstić information content (AvgIpc) is 3.00. The smallest absolute Gasteiger partial charge is 0.417 e. The maximum Gasteiger partial charge on any atom is 0.417 e. The zero-order chi connectivity index (χ0) is 23.9. The van der Waals surface area contributed by atoms with Crippen LogP contribution in [0.3, 0.4) is 0 Å². The molecule has 2 aromatic carbocycles. The second-order valence-electron chi connectivity index (χ2n) is 7.47. The quantitative estimate of drug-likeness (QED) is 0.671. The lowest BCUT2D eigenvalue weighted by Crippen LogP contribution is -2.40. The first kappa shape index (κ1) is 22.5. The van der Waals surface area contributed by atoms with Crippen LogP contribution in [-0.2, 0) is 28.7 Å². The topological polar surface area (TPSA) is 85.7 Å². The van der Waals surface area contributed by atoms with Crippen molar-refractivity contribution in [3.63, 3.8) is 0 Å². The normalized spacial score (nSPS) is 17.4. The van der Waals surface area contributed by atoms with Gasteiger partial charge in [-0.3, -0.25) is 15.0 Å². The molecule has 1 N–H and O–H groups in total. The number of nitriles is 1. The second kappa shape index (κ2) is 8.37. The lowest BCUT2D eigenvalue weighted by molar-refractivity contribution is -0.137. The molecule has 2 aromatic rings. The third-order valence-corrected chi connectivity index (χ3v) is 5.90. The molecule has 1 saturated heterocycles. The lowest BCUT2D eigenvalue weighted by Gasteiger charge is -2.30. The number of nitrogens with zero attached hydrogens (tertiary/aromatic N) is 3. The monoisotopic (exact) mass is 474 g/mol. The molecule has 1 atom stereocenters. The van der Waals surface area contributed by atoms with Crippen molar-refractivity contribution in [1.29, 1.82) is 5.26 Å². The average molecular weight is 474 g/mol. The highest BCUT2D eigenvalue weighted by molar-refractivity contribution is 7.80. The molecule has 4 rings (SSSR count). The van der Waals surface area contributed by atoms with Gasteiger partial charge in [0.15, 0.2) is 5.11 Å². The molecule has 7 nitrogen and oxygen atoms in total. The fourth-order valence-electron chi connectivity index (χ4n) is 3.98. The first-order valence-electron chi connectivity index (χ1n) is 9.95. The number of benzene rings is 2. The Kier molecular flexibility index (Phi) is 5.71. The van der Waals surface area contributed by atoms with Gasteiger partial charge in [-0.25, -0.2) is 4.79 Å². The summed E-state index contributed by atoms with van der Waals surface area (Å²) in [5, 5.41) is 11.7. The van der Waals surface area contributed by atoms with Crippen molar-refractivity contribution in [3.8, 4) is 6.07 Å². The van der Waals surface area contributed by atoms with E-state index in [0.29, 0.717) is 12.1 Å². The maximum absolute atomic E-state index is 13.4. The van der Waals surface area contributed by atoms with E-state index in [-0.39, 0.29) is 24.0 Å². The molecule has 0 aromatic heterocycles. The minimum absolute atomic E-state index is 0.0422. The second-order valence-corrected chi connectivity index (χ2v) is 7.84. The van der Waals surface area contributed by atoms with Gasteiger partial charge in [-0.1, -0.05) is 6.07 Å². The molecule has 170 valence electrons. The Morgan fingerprint density at radius 1 is 1.27 bits per heavy atom. The van der Waals surface area contributed by atoms with Crippen molar-refractivity contribution in [3.05, 3.63) is 58.7 Å². The molecule has 2 aliphatic rings. The fourth-order valence-corrected chi connectivity index (χ4v) is 4.37. The molecule has 2 heterocycles. The largest absolute Gasteiger partial charge is 0.450 e. The van der Waals surface area contributed by atoms with E-state index < -0.39 is 35.3 Å². The van der Waals surface area contributed by atoms with Crippen molar-refractivity contribution >= 4 is 40.7 Å². The molecule has 2 aliphatic heterocycles. The van der Waals surface area contributed by atoms with Crippen LogP contribution in [0.25, 0.3) is 0 Å². The van der Waals surface area contributed by atoms with E-state index in [1.165, 1.54) is 12.1 Å². The molecule has 11 heteroatoms. The Bertz CT molecular complexity index is 1210. The summed E-state index contributed by atoms with van der Waals surface area (Å²) in [6, 6.07) is 9.19. The Hall–Kier alpha value is -3.65. The van der Waals surface area contributed by atoms with Gasteiger partial charge in [-0.15, -0.1) is 0 Å². The van der Waals surface area contributed by atoms with Gasteiger partial charge in [0.1, 0.15) is 6.04 Å². The Balaban J connectivity index is 1.63. The third kappa shape index (κ3) is 4.09. The van der Waals surface area contributed by atoms with Gasteiger partial charge in [-0.05, 0) is 60.6 Å². The van der Waals surface area contributed by atoms with E-state index in [1.54, 1.807) is 30.0 Å². The van der Waals surface area contributed by atoms with Crippen molar-refractivity contribution < 1.29 is 27.5 Å². The number of fused-ring (bicyclic) bond motifs is 2. The van der Waals surface area contributed by atoms with Crippen molar-refractivity contribution in [1.82, 2.24) is 4.90 Å². The highest BCUT2D eigenvalue weighted by Gasteiger charge is 2.46. The van der Waals surface area contributed by atoms with Crippen molar-refractivity contribution in [2.75, 3.05) is 16.8 Å². The number of carbonyl (C=O) groups excluding carboxylic acids is 2. The van der Waals surface area contributed by atoms with E-state index in [2.05, 4.69) is 5.32 Å². The zero-order valence-corrected chi connectivity index (χ0v) is 18.1. The predicted molar refractivity (Wildman–Crippen MR) is 116 cm³/mol. The number of nitrogens with one attached hydrogen (secondary N) is 1. The molecule has 1 fully saturated rings. The van der Waals surface area contributed by atoms with Crippen LogP contribution < -0.4 is 10.2 Å². The number of amides is 2. The molecule has 0 saturated carbocycles. The lowest BCUT2D eigenvalue weighted by atomic mass is 9.94. The van der Waals surface area contributed by atoms with E-state index in [0.717, 1.165) is 28.2 Å². The van der Waals surface area contributed by atoms with E-state index in [1.807, 2.05) is 0 Å². The number of carbonyl (C=O) groups is 2. The first-order valence-corrected chi connectivity index (χ1v) is 10.4. The van der Waals surface area contributed by atoms with Crippen LogP contribution in [0.15, 0.2) is 36.4 Å². The number of alkyl halides is 3. The third-order valence-electron chi connectivity index (χ3n) is 5.49. The van der Waals surface area contributed by atoms with E-state index in [4.69, 9.17) is 22.2 Å². The molecule has 1 unspecified atom stereocenters. The van der Waals surface area contributed by atoms with Gasteiger partial charge in [-0.2, -0.15) is 18.4 Å². The number of thiocarbonyl (C=S) groups is 1. The SMILES string of the molecule is CCOC(=O)Nc1ccc2c(c1)CN1C(=S)N(c3ccc(C#N)c(C(F)(F)F)c3)C(=O)C1C2. The van der Waals surface area contributed by atoms with Crippen molar-refractivity contribution in [2.45, 2.75) is 32.1 Å².